The smallest absolute Gasteiger partial charge is 0.223 e. The molecule has 2 unspecified atom stereocenters. The molecule has 4 heteroatoms. The van der Waals surface area contributed by atoms with Gasteiger partial charge in [-0.25, -0.2) is 0 Å². The van der Waals surface area contributed by atoms with E-state index < -0.39 is 0 Å². The van der Waals surface area contributed by atoms with Crippen LogP contribution in [0.5, 0.6) is 5.75 Å². The van der Waals surface area contributed by atoms with E-state index in [1.807, 2.05) is 12.4 Å². The van der Waals surface area contributed by atoms with Gasteiger partial charge in [-0.05, 0) is 25.2 Å². The van der Waals surface area contributed by atoms with E-state index in [0.29, 0.717) is 11.7 Å². The van der Waals surface area contributed by atoms with Gasteiger partial charge in [0.25, 0.3) is 0 Å². The number of ether oxygens (including phenoxy) is 2. The first-order valence-electron chi connectivity index (χ1n) is 8.71. The molecule has 1 saturated heterocycles. The zero-order chi connectivity index (χ0) is 15.8. The maximum atomic E-state index is 12.0. The fourth-order valence-electron chi connectivity index (χ4n) is 2.87. The highest BCUT2D eigenvalue weighted by molar-refractivity contribution is 5.17. The lowest BCUT2D eigenvalue weighted by molar-refractivity contribution is -0.106. The van der Waals surface area contributed by atoms with Crippen molar-refractivity contribution in [2.45, 2.75) is 71.6 Å². The van der Waals surface area contributed by atoms with Crippen molar-refractivity contribution in [2.75, 3.05) is 6.61 Å². The molecular weight excluding hydrogens is 278 g/mol. The van der Waals surface area contributed by atoms with E-state index in [4.69, 9.17) is 9.47 Å². The summed E-state index contributed by atoms with van der Waals surface area (Å²) in [5, 5.41) is 0. The van der Waals surface area contributed by atoms with Crippen molar-refractivity contribution in [3.63, 3.8) is 0 Å². The van der Waals surface area contributed by atoms with E-state index in [9.17, 15) is 4.79 Å². The summed E-state index contributed by atoms with van der Waals surface area (Å²) in [6.45, 7) is 6.12. The molecule has 22 heavy (non-hydrogen) atoms. The van der Waals surface area contributed by atoms with Crippen molar-refractivity contribution in [1.82, 2.24) is 4.57 Å². The van der Waals surface area contributed by atoms with Crippen LogP contribution in [0.15, 0.2) is 23.3 Å². The van der Waals surface area contributed by atoms with Gasteiger partial charge in [-0.3, -0.25) is 4.79 Å². The standard InChI is InChI=1S/C18H29NO3/c1-3-5-8-15(4-2)13-19-11-10-16(20)17(14-19)22-18-9-6-7-12-21-18/h10-11,14-15,18H,3-9,12-13H2,1-2H3. The molecule has 0 N–H and O–H groups in total. The van der Waals surface area contributed by atoms with Crippen molar-refractivity contribution in [2.24, 2.45) is 5.92 Å². The highest BCUT2D eigenvalue weighted by Crippen LogP contribution is 2.18. The van der Waals surface area contributed by atoms with E-state index >= 15 is 0 Å². The van der Waals surface area contributed by atoms with Crippen LogP contribution in [-0.2, 0) is 11.3 Å². The molecule has 0 amide bonds. The molecule has 1 aromatic rings. The third-order valence-electron chi connectivity index (χ3n) is 4.35. The minimum atomic E-state index is -0.264. The van der Waals surface area contributed by atoms with E-state index in [2.05, 4.69) is 18.4 Å². The Kier molecular flexibility index (Phi) is 6.97. The van der Waals surface area contributed by atoms with Crippen LogP contribution in [0.2, 0.25) is 0 Å². The summed E-state index contributed by atoms with van der Waals surface area (Å²) in [6.07, 6.45) is 11.4. The summed E-state index contributed by atoms with van der Waals surface area (Å²) < 4.78 is 13.4. The normalized spacial score (nSPS) is 19.8. The molecule has 2 heterocycles. The molecule has 2 atom stereocenters. The van der Waals surface area contributed by atoms with Crippen molar-refractivity contribution in [3.05, 3.63) is 28.7 Å². The van der Waals surface area contributed by atoms with Gasteiger partial charge in [-0.2, -0.15) is 0 Å². The predicted octanol–water partition coefficient (Wildman–Crippen LogP) is 3.97. The lowest BCUT2D eigenvalue weighted by atomic mass is 9.99. The first-order valence-corrected chi connectivity index (χ1v) is 8.71. The van der Waals surface area contributed by atoms with Gasteiger partial charge in [-0.1, -0.05) is 33.1 Å². The highest BCUT2D eigenvalue weighted by Gasteiger charge is 2.17. The summed E-state index contributed by atoms with van der Waals surface area (Å²) in [6, 6.07) is 1.60. The number of unbranched alkanes of at least 4 members (excludes halogenated alkanes) is 1. The van der Waals surface area contributed by atoms with Gasteiger partial charge in [0, 0.05) is 25.2 Å². The zero-order valence-electron chi connectivity index (χ0n) is 13.9. The third kappa shape index (κ3) is 5.16. The van der Waals surface area contributed by atoms with Crippen molar-refractivity contribution >= 4 is 0 Å². The molecule has 0 saturated carbocycles. The second-order valence-electron chi connectivity index (χ2n) is 6.20. The topological polar surface area (TPSA) is 40.5 Å². The third-order valence-corrected chi connectivity index (χ3v) is 4.35. The van der Waals surface area contributed by atoms with Gasteiger partial charge in [0.1, 0.15) is 0 Å². The quantitative estimate of drug-likeness (QED) is 0.729. The van der Waals surface area contributed by atoms with Crippen LogP contribution < -0.4 is 10.2 Å². The Bertz CT molecular complexity index is 491. The molecule has 2 rings (SSSR count). The number of rotatable bonds is 8. The Morgan fingerprint density at radius 1 is 1.41 bits per heavy atom. The largest absolute Gasteiger partial charge is 0.459 e. The summed E-state index contributed by atoms with van der Waals surface area (Å²) in [5.41, 5.74) is -0.0629. The van der Waals surface area contributed by atoms with Gasteiger partial charge in [0.2, 0.25) is 5.43 Å². The summed E-state index contributed by atoms with van der Waals surface area (Å²) in [4.78, 5) is 12.0. The van der Waals surface area contributed by atoms with Gasteiger partial charge in [0.05, 0.1) is 12.8 Å². The zero-order valence-corrected chi connectivity index (χ0v) is 13.9. The fourth-order valence-corrected chi connectivity index (χ4v) is 2.87. The molecule has 1 fully saturated rings. The van der Waals surface area contributed by atoms with Crippen molar-refractivity contribution in [1.29, 1.82) is 0 Å². The number of pyridine rings is 1. The average molecular weight is 307 g/mol. The summed E-state index contributed by atoms with van der Waals surface area (Å²) in [7, 11) is 0. The Balaban J connectivity index is 2.00. The fraction of sp³-hybridized carbons (Fsp3) is 0.722. The van der Waals surface area contributed by atoms with Crippen molar-refractivity contribution in [3.8, 4) is 5.75 Å². The summed E-state index contributed by atoms with van der Waals surface area (Å²) in [5.74, 6) is 1.07. The van der Waals surface area contributed by atoms with Gasteiger partial charge in [-0.15, -0.1) is 0 Å². The molecule has 0 aliphatic carbocycles. The van der Waals surface area contributed by atoms with Crippen LogP contribution in [0.25, 0.3) is 0 Å². The Labute approximate surface area is 133 Å². The van der Waals surface area contributed by atoms with Gasteiger partial charge < -0.3 is 14.0 Å². The molecular formula is C18H29NO3. The number of aromatic nitrogens is 1. The van der Waals surface area contributed by atoms with Crippen LogP contribution in [0.1, 0.15) is 58.8 Å². The van der Waals surface area contributed by atoms with E-state index in [-0.39, 0.29) is 11.7 Å². The second kappa shape index (κ2) is 8.99. The average Bonchev–Trinajstić information content (AvgIpc) is 2.55. The van der Waals surface area contributed by atoms with Gasteiger partial charge >= 0.3 is 0 Å². The molecule has 0 bridgehead atoms. The number of hydrogen-bond acceptors (Lipinski definition) is 3. The highest BCUT2D eigenvalue weighted by atomic mass is 16.7. The Morgan fingerprint density at radius 3 is 2.95 bits per heavy atom. The van der Waals surface area contributed by atoms with E-state index in [1.165, 1.54) is 19.3 Å². The maximum absolute atomic E-state index is 12.0. The first kappa shape index (κ1) is 17.1. The lowest BCUT2D eigenvalue weighted by Gasteiger charge is -2.23. The minimum absolute atomic E-state index is 0.0629. The minimum Gasteiger partial charge on any atom is -0.459 e. The van der Waals surface area contributed by atoms with E-state index in [0.717, 1.165) is 38.8 Å². The number of hydrogen-bond donors (Lipinski definition) is 0. The molecule has 124 valence electrons. The van der Waals surface area contributed by atoms with E-state index in [1.54, 1.807) is 6.07 Å². The van der Waals surface area contributed by atoms with Crippen LogP contribution in [0, 0.1) is 5.92 Å². The van der Waals surface area contributed by atoms with Gasteiger partial charge in [0.15, 0.2) is 12.0 Å². The molecule has 0 aromatic carbocycles. The Morgan fingerprint density at radius 2 is 2.27 bits per heavy atom. The van der Waals surface area contributed by atoms with Crippen LogP contribution >= 0.6 is 0 Å². The second-order valence-corrected chi connectivity index (χ2v) is 6.20. The number of nitrogens with zero attached hydrogens (tertiary/aromatic N) is 1. The molecule has 0 spiro atoms. The molecule has 1 aliphatic heterocycles. The maximum Gasteiger partial charge on any atom is 0.223 e. The predicted molar refractivity (Wildman–Crippen MR) is 88.2 cm³/mol. The lowest BCUT2D eigenvalue weighted by Crippen LogP contribution is -2.27. The molecule has 0 radical (unpaired) electrons. The molecule has 4 nitrogen and oxygen atoms in total. The monoisotopic (exact) mass is 307 g/mol. The molecule has 1 aliphatic rings. The molecule has 1 aromatic heterocycles. The van der Waals surface area contributed by atoms with Crippen molar-refractivity contribution < 1.29 is 9.47 Å². The Hall–Kier alpha value is -1.29. The van der Waals surface area contributed by atoms with Crippen LogP contribution in [-0.4, -0.2) is 17.5 Å². The first-order chi connectivity index (χ1) is 10.7. The summed E-state index contributed by atoms with van der Waals surface area (Å²) >= 11 is 0. The SMILES string of the molecule is CCCCC(CC)Cn1ccc(=O)c(OC2CCCCO2)c1. The van der Waals surface area contributed by atoms with Crippen LogP contribution in [0.4, 0.5) is 0 Å². The van der Waals surface area contributed by atoms with Crippen LogP contribution in [0.3, 0.4) is 0 Å².